The van der Waals surface area contributed by atoms with Crippen LogP contribution >= 0.6 is 0 Å². The highest BCUT2D eigenvalue weighted by atomic mass is 16.5. The molecule has 1 aliphatic heterocycles. The van der Waals surface area contributed by atoms with Gasteiger partial charge in [-0.3, -0.25) is 4.79 Å². The number of hydrogen-bond acceptors (Lipinski definition) is 2. The van der Waals surface area contributed by atoms with Crippen molar-refractivity contribution in [3.05, 3.63) is 42.5 Å². The maximum Gasteiger partial charge on any atom is 0.173 e. The standard InChI is InChI=1S/C13H14O2/c1-2-3-7-11(14)13-9-10-6-4-5-8-12(10)15-13/h2,4-6,8,13H,1,3,7,9H2/t13-/m0/s1. The van der Waals surface area contributed by atoms with E-state index in [1.165, 1.54) is 0 Å². The van der Waals surface area contributed by atoms with Crippen molar-refractivity contribution in [1.82, 2.24) is 0 Å². The number of para-hydroxylation sites is 1. The molecular weight excluding hydrogens is 188 g/mol. The average Bonchev–Trinajstić information content (AvgIpc) is 2.69. The normalized spacial score (nSPS) is 18.0. The summed E-state index contributed by atoms with van der Waals surface area (Å²) in [4.78, 5) is 11.7. The molecular formula is C13H14O2. The van der Waals surface area contributed by atoms with E-state index in [1.54, 1.807) is 6.08 Å². The molecule has 78 valence electrons. The zero-order chi connectivity index (χ0) is 10.7. The second-order valence-corrected chi connectivity index (χ2v) is 3.71. The molecule has 1 aliphatic rings. The van der Waals surface area contributed by atoms with Gasteiger partial charge in [0.2, 0.25) is 0 Å². The van der Waals surface area contributed by atoms with Crippen LogP contribution in [0.1, 0.15) is 18.4 Å². The summed E-state index contributed by atoms with van der Waals surface area (Å²) in [6.45, 7) is 3.61. The molecule has 1 heterocycles. The van der Waals surface area contributed by atoms with Crippen molar-refractivity contribution in [1.29, 1.82) is 0 Å². The van der Waals surface area contributed by atoms with Crippen LogP contribution in [0.3, 0.4) is 0 Å². The minimum atomic E-state index is -0.276. The number of Topliss-reactive ketones (excluding diaryl/α,β-unsaturated/α-hetero) is 1. The SMILES string of the molecule is C=CCCC(=O)[C@@H]1Cc2ccccc2O1. The van der Waals surface area contributed by atoms with Crippen molar-refractivity contribution < 1.29 is 9.53 Å². The van der Waals surface area contributed by atoms with Gasteiger partial charge in [-0.1, -0.05) is 24.3 Å². The van der Waals surface area contributed by atoms with Crippen LogP contribution in [0.4, 0.5) is 0 Å². The summed E-state index contributed by atoms with van der Waals surface area (Å²) in [5.41, 5.74) is 1.13. The van der Waals surface area contributed by atoms with Gasteiger partial charge in [0.25, 0.3) is 0 Å². The molecule has 2 heteroatoms. The Labute approximate surface area is 89.6 Å². The zero-order valence-electron chi connectivity index (χ0n) is 8.61. The third-order valence-corrected chi connectivity index (χ3v) is 2.60. The Bertz CT molecular complexity index is 357. The number of fused-ring (bicyclic) bond motifs is 1. The van der Waals surface area contributed by atoms with Gasteiger partial charge in [-0.25, -0.2) is 0 Å². The minimum Gasteiger partial charge on any atom is -0.482 e. The molecule has 0 unspecified atom stereocenters. The largest absolute Gasteiger partial charge is 0.482 e. The number of carbonyl (C=O) groups excluding carboxylic acids is 1. The molecule has 0 aliphatic carbocycles. The molecule has 0 bridgehead atoms. The summed E-state index contributed by atoms with van der Waals surface area (Å²) in [5, 5.41) is 0. The Balaban J connectivity index is 2.00. The topological polar surface area (TPSA) is 26.3 Å². The van der Waals surface area contributed by atoms with E-state index < -0.39 is 0 Å². The Morgan fingerprint density at radius 1 is 1.53 bits per heavy atom. The third kappa shape index (κ3) is 2.09. The van der Waals surface area contributed by atoms with Gasteiger partial charge in [0, 0.05) is 12.8 Å². The Morgan fingerprint density at radius 3 is 3.07 bits per heavy atom. The van der Waals surface area contributed by atoms with Gasteiger partial charge in [0.1, 0.15) is 5.75 Å². The first kappa shape index (κ1) is 9.97. The van der Waals surface area contributed by atoms with E-state index in [0.717, 1.165) is 17.7 Å². The number of allylic oxidation sites excluding steroid dienone is 1. The fourth-order valence-corrected chi connectivity index (χ4v) is 1.77. The summed E-state index contributed by atoms with van der Waals surface area (Å²) in [7, 11) is 0. The maximum absolute atomic E-state index is 11.7. The molecule has 0 saturated carbocycles. The van der Waals surface area contributed by atoms with Crippen LogP contribution in [0.25, 0.3) is 0 Å². The van der Waals surface area contributed by atoms with E-state index in [-0.39, 0.29) is 11.9 Å². The van der Waals surface area contributed by atoms with E-state index in [9.17, 15) is 4.79 Å². The van der Waals surface area contributed by atoms with E-state index in [0.29, 0.717) is 12.8 Å². The van der Waals surface area contributed by atoms with E-state index in [2.05, 4.69) is 6.58 Å². The number of ether oxygens (including phenoxy) is 1. The van der Waals surface area contributed by atoms with Crippen LogP contribution < -0.4 is 4.74 Å². The van der Waals surface area contributed by atoms with Crippen molar-refractivity contribution >= 4 is 5.78 Å². The van der Waals surface area contributed by atoms with E-state index in [1.807, 2.05) is 24.3 Å². The average molecular weight is 202 g/mol. The highest BCUT2D eigenvalue weighted by Gasteiger charge is 2.27. The van der Waals surface area contributed by atoms with Gasteiger partial charge in [-0.05, 0) is 18.1 Å². The minimum absolute atomic E-state index is 0.172. The Kier molecular flexibility index (Phi) is 2.86. The smallest absolute Gasteiger partial charge is 0.173 e. The van der Waals surface area contributed by atoms with Crippen LogP contribution in [0.2, 0.25) is 0 Å². The first-order valence-electron chi connectivity index (χ1n) is 5.19. The van der Waals surface area contributed by atoms with Crippen molar-refractivity contribution in [2.45, 2.75) is 25.4 Å². The number of hydrogen-bond donors (Lipinski definition) is 0. The lowest BCUT2D eigenvalue weighted by atomic mass is 10.0. The lowest BCUT2D eigenvalue weighted by molar-refractivity contribution is -0.125. The van der Waals surface area contributed by atoms with Crippen molar-refractivity contribution in [2.75, 3.05) is 0 Å². The predicted molar refractivity (Wildman–Crippen MR) is 59.0 cm³/mol. The fourth-order valence-electron chi connectivity index (χ4n) is 1.77. The van der Waals surface area contributed by atoms with Gasteiger partial charge in [0.15, 0.2) is 11.9 Å². The molecule has 2 nitrogen and oxygen atoms in total. The Hall–Kier alpha value is -1.57. The van der Waals surface area contributed by atoms with Crippen LogP contribution in [0.5, 0.6) is 5.75 Å². The molecule has 0 saturated heterocycles. The second kappa shape index (κ2) is 4.30. The molecule has 0 fully saturated rings. The third-order valence-electron chi connectivity index (χ3n) is 2.60. The summed E-state index contributed by atoms with van der Waals surface area (Å²) in [6.07, 6.45) is 3.46. The van der Waals surface area contributed by atoms with Crippen LogP contribution in [0.15, 0.2) is 36.9 Å². The molecule has 15 heavy (non-hydrogen) atoms. The van der Waals surface area contributed by atoms with E-state index in [4.69, 9.17) is 4.74 Å². The highest BCUT2D eigenvalue weighted by Crippen LogP contribution is 2.28. The second-order valence-electron chi connectivity index (χ2n) is 3.71. The lowest BCUT2D eigenvalue weighted by Gasteiger charge is -2.07. The van der Waals surface area contributed by atoms with Crippen LogP contribution in [-0.4, -0.2) is 11.9 Å². The number of benzene rings is 1. The van der Waals surface area contributed by atoms with Gasteiger partial charge < -0.3 is 4.74 Å². The molecule has 0 radical (unpaired) electrons. The molecule has 0 aromatic heterocycles. The number of carbonyl (C=O) groups is 1. The fraction of sp³-hybridized carbons (Fsp3) is 0.308. The monoisotopic (exact) mass is 202 g/mol. The molecule has 0 spiro atoms. The van der Waals surface area contributed by atoms with Crippen LogP contribution in [0, 0.1) is 0 Å². The molecule has 2 rings (SSSR count). The zero-order valence-corrected chi connectivity index (χ0v) is 8.61. The Morgan fingerprint density at radius 2 is 2.33 bits per heavy atom. The van der Waals surface area contributed by atoms with Gasteiger partial charge in [-0.2, -0.15) is 0 Å². The number of ketones is 1. The lowest BCUT2D eigenvalue weighted by Crippen LogP contribution is -2.24. The molecule has 1 atom stereocenters. The predicted octanol–water partition coefficient (Wildman–Crippen LogP) is 2.53. The maximum atomic E-state index is 11.7. The summed E-state index contributed by atoms with van der Waals surface area (Å²) >= 11 is 0. The quantitative estimate of drug-likeness (QED) is 0.701. The summed E-state index contributed by atoms with van der Waals surface area (Å²) in [5.74, 6) is 1.03. The van der Waals surface area contributed by atoms with Gasteiger partial charge in [0.05, 0.1) is 0 Å². The molecule has 0 N–H and O–H groups in total. The van der Waals surface area contributed by atoms with Crippen LogP contribution in [-0.2, 0) is 11.2 Å². The summed E-state index contributed by atoms with van der Waals surface area (Å²) < 4.78 is 5.58. The van der Waals surface area contributed by atoms with Gasteiger partial charge >= 0.3 is 0 Å². The van der Waals surface area contributed by atoms with Crippen molar-refractivity contribution in [3.63, 3.8) is 0 Å². The first-order valence-corrected chi connectivity index (χ1v) is 5.19. The number of rotatable bonds is 4. The van der Waals surface area contributed by atoms with Crippen molar-refractivity contribution in [2.24, 2.45) is 0 Å². The first-order chi connectivity index (χ1) is 7.31. The molecule has 1 aromatic carbocycles. The van der Waals surface area contributed by atoms with Crippen molar-refractivity contribution in [3.8, 4) is 5.75 Å². The van der Waals surface area contributed by atoms with E-state index >= 15 is 0 Å². The highest BCUT2D eigenvalue weighted by molar-refractivity contribution is 5.84. The molecule has 1 aromatic rings. The van der Waals surface area contributed by atoms with Gasteiger partial charge in [-0.15, -0.1) is 6.58 Å². The molecule has 0 amide bonds. The summed E-state index contributed by atoms with van der Waals surface area (Å²) in [6, 6.07) is 7.82.